The molecule has 0 amide bonds. The number of aryl methyl sites for hydroxylation is 1. The maximum Gasteiger partial charge on any atom is 0.251 e. The van der Waals surface area contributed by atoms with E-state index in [4.69, 9.17) is 5.11 Å². The largest absolute Gasteiger partial charge is 0.396 e. The Morgan fingerprint density at radius 1 is 1.33 bits per heavy atom. The van der Waals surface area contributed by atoms with Gasteiger partial charge in [-0.1, -0.05) is 11.6 Å². The molecule has 0 atom stereocenters. The van der Waals surface area contributed by atoms with Gasteiger partial charge in [0.2, 0.25) is 0 Å². The maximum atomic E-state index is 11.5. The lowest BCUT2D eigenvalue weighted by atomic mass is 10.1. The fraction of sp³-hybridized carbons (Fsp3) is 0.250. The highest BCUT2D eigenvalue weighted by molar-refractivity contribution is 5.79. The molecule has 0 radical (unpaired) electrons. The number of aromatic amines is 1. The van der Waals surface area contributed by atoms with Crippen LogP contribution in [0.1, 0.15) is 11.1 Å². The fourth-order valence-corrected chi connectivity index (χ4v) is 1.68. The minimum absolute atomic E-state index is 0.000399. The SMILES string of the molecule is Cc1ccc2[nH]c(=O)c(CCO)cc2c1. The molecule has 3 heteroatoms. The highest BCUT2D eigenvalue weighted by atomic mass is 16.3. The molecule has 78 valence electrons. The number of rotatable bonds is 2. The zero-order chi connectivity index (χ0) is 10.8. The third-order valence-corrected chi connectivity index (χ3v) is 2.46. The van der Waals surface area contributed by atoms with Gasteiger partial charge in [0, 0.05) is 24.1 Å². The van der Waals surface area contributed by atoms with Crippen LogP contribution in [0.4, 0.5) is 0 Å². The minimum atomic E-state index is -0.111. The van der Waals surface area contributed by atoms with Crippen molar-refractivity contribution < 1.29 is 5.11 Å². The molecule has 0 fully saturated rings. The number of aliphatic hydroxyl groups excluding tert-OH is 1. The van der Waals surface area contributed by atoms with Gasteiger partial charge in [0.1, 0.15) is 0 Å². The summed E-state index contributed by atoms with van der Waals surface area (Å²) in [6, 6.07) is 7.72. The van der Waals surface area contributed by atoms with E-state index in [-0.39, 0.29) is 12.2 Å². The molecule has 1 aromatic carbocycles. The van der Waals surface area contributed by atoms with Crippen LogP contribution in [0, 0.1) is 6.92 Å². The summed E-state index contributed by atoms with van der Waals surface area (Å²) in [6.45, 7) is 2.01. The molecule has 0 saturated heterocycles. The summed E-state index contributed by atoms with van der Waals surface area (Å²) < 4.78 is 0. The van der Waals surface area contributed by atoms with Crippen LogP contribution in [0.3, 0.4) is 0 Å². The number of aliphatic hydroxyl groups is 1. The summed E-state index contributed by atoms with van der Waals surface area (Å²) in [7, 11) is 0. The van der Waals surface area contributed by atoms with E-state index in [0.717, 1.165) is 16.5 Å². The highest BCUT2D eigenvalue weighted by Crippen LogP contribution is 2.13. The van der Waals surface area contributed by atoms with Crippen molar-refractivity contribution in [2.75, 3.05) is 6.61 Å². The van der Waals surface area contributed by atoms with Crippen molar-refractivity contribution in [1.29, 1.82) is 0 Å². The molecule has 15 heavy (non-hydrogen) atoms. The number of pyridine rings is 1. The molecule has 2 N–H and O–H groups in total. The highest BCUT2D eigenvalue weighted by Gasteiger charge is 2.02. The Morgan fingerprint density at radius 3 is 2.87 bits per heavy atom. The summed E-state index contributed by atoms with van der Waals surface area (Å²) in [6.07, 6.45) is 0.402. The van der Waals surface area contributed by atoms with E-state index < -0.39 is 0 Å². The Labute approximate surface area is 87.4 Å². The number of hydrogen-bond donors (Lipinski definition) is 2. The van der Waals surface area contributed by atoms with Crippen molar-refractivity contribution in [1.82, 2.24) is 4.98 Å². The van der Waals surface area contributed by atoms with Crippen molar-refractivity contribution in [3.8, 4) is 0 Å². The summed E-state index contributed by atoms with van der Waals surface area (Å²) in [5.74, 6) is 0. The van der Waals surface area contributed by atoms with Crippen molar-refractivity contribution in [3.05, 3.63) is 45.7 Å². The molecule has 0 aliphatic carbocycles. The average Bonchev–Trinajstić information content (AvgIpc) is 2.20. The van der Waals surface area contributed by atoms with Crippen LogP contribution in [-0.4, -0.2) is 16.7 Å². The van der Waals surface area contributed by atoms with Gasteiger partial charge in [0.05, 0.1) is 0 Å². The van der Waals surface area contributed by atoms with Crippen LogP contribution >= 0.6 is 0 Å². The first-order valence-electron chi connectivity index (χ1n) is 4.94. The fourth-order valence-electron chi connectivity index (χ4n) is 1.68. The van der Waals surface area contributed by atoms with E-state index in [2.05, 4.69) is 4.98 Å². The monoisotopic (exact) mass is 203 g/mol. The second-order valence-electron chi connectivity index (χ2n) is 3.69. The average molecular weight is 203 g/mol. The number of H-pyrrole nitrogens is 1. The Hall–Kier alpha value is -1.61. The Balaban J connectivity index is 2.66. The van der Waals surface area contributed by atoms with E-state index >= 15 is 0 Å². The first-order chi connectivity index (χ1) is 7.20. The van der Waals surface area contributed by atoms with Gasteiger partial charge in [-0.2, -0.15) is 0 Å². The first kappa shape index (κ1) is 9.93. The lowest BCUT2D eigenvalue weighted by Crippen LogP contribution is -2.13. The van der Waals surface area contributed by atoms with Crippen LogP contribution < -0.4 is 5.56 Å². The standard InChI is InChI=1S/C12H13NO2/c1-8-2-3-11-10(6-8)7-9(4-5-14)12(15)13-11/h2-3,6-7,14H,4-5H2,1H3,(H,13,15). The van der Waals surface area contributed by atoms with E-state index in [0.29, 0.717) is 12.0 Å². The van der Waals surface area contributed by atoms with Gasteiger partial charge in [0.15, 0.2) is 0 Å². The number of benzene rings is 1. The molecular formula is C12H13NO2. The molecule has 0 aliphatic heterocycles. The van der Waals surface area contributed by atoms with Crippen molar-refractivity contribution >= 4 is 10.9 Å². The summed E-state index contributed by atoms with van der Waals surface area (Å²) in [5, 5.41) is 9.83. The molecule has 1 aromatic heterocycles. The molecule has 0 saturated carbocycles. The van der Waals surface area contributed by atoms with Gasteiger partial charge in [-0.25, -0.2) is 0 Å². The van der Waals surface area contributed by atoms with E-state index in [9.17, 15) is 4.79 Å². The summed E-state index contributed by atoms with van der Waals surface area (Å²) >= 11 is 0. The van der Waals surface area contributed by atoms with Crippen molar-refractivity contribution in [3.63, 3.8) is 0 Å². The van der Waals surface area contributed by atoms with Crippen LogP contribution in [0.25, 0.3) is 10.9 Å². The van der Waals surface area contributed by atoms with Crippen LogP contribution in [0.5, 0.6) is 0 Å². The molecule has 0 aliphatic rings. The minimum Gasteiger partial charge on any atom is -0.396 e. The van der Waals surface area contributed by atoms with Gasteiger partial charge in [-0.3, -0.25) is 4.79 Å². The van der Waals surface area contributed by atoms with Crippen molar-refractivity contribution in [2.24, 2.45) is 0 Å². The summed E-state index contributed by atoms with van der Waals surface area (Å²) in [5.41, 5.74) is 2.52. The van der Waals surface area contributed by atoms with Crippen LogP contribution in [0.15, 0.2) is 29.1 Å². The number of hydrogen-bond acceptors (Lipinski definition) is 2. The third-order valence-electron chi connectivity index (χ3n) is 2.46. The smallest absolute Gasteiger partial charge is 0.251 e. The predicted molar refractivity (Wildman–Crippen MR) is 60.1 cm³/mol. The van der Waals surface area contributed by atoms with Gasteiger partial charge in [0.25, 0.3) is 5.56 Å². The van der Waals surface area contributed by atoms with Crippen LogP contribution in [-0.2, 0) is 6.42 Å². The second-order valence-corrected chi connectivity index (χ2v) is 3.69. The normalized spacial score (nSPS) is 10.8. The summed E-state index contributed by atoms with van der Waals surface area (Å²) in [4.78, 5) is 14.3. The van der Waals surface area contributed by atoms with Gasteiger partial charge >= 0.3 is 0 Å². The van der Waals surface area contributed by atoms with Gasteiger partial charge < -0.3 is 10.1 Å². The van der Waals surface area contributed by atoms with Gasteiger partial charge in [-0.05, 0) is 30.5 Å². The topological polar surface area (TPSA) is 53.1 Å². The molecule has 3 nitrogen and oxygen atoms in total. The zero-order valence-corrected chi connectivity index (χ0v) is 8.58. The second kappa shape index (κ2) is 3.87. The number of aromatic nitrogens is 1. The van der Waals surface area contributed by atoms with Crippen LogP contribution in [0.2, 0.25) is 0 Å². The van der Waals surface area contributed by atoms with E-state index in [1.165, 1.54) is 0 Å². The molecule has 1 heterocycles. The van der Waals surface area contributed by atoms with Gasteiger partial charge in [-0.15, -0.1) is 0 Å². The number of fused-ring (bicyclic) bond motifs is 1. The predicted octanol–water partition coefficient (Wildman–Crippen LogP) is 1.37. The quantitative estimate of drug-likeness (QED) is 0.774. The number of nitrogens with one attached hydrogen (secondary N) is 1. The Kier molecular flexibility index (Phi) is 2.56. The molecule has 0 spiro atoms. The van der Waals surface area contributed by atoms with E-state index in [1.54, 1.807) is 0 Å². The molecule has 2 aromatic rings. The Morgan fingerprint density at radius 2 is 2.13 bits per heavy atom. The Bertz CT molecular complexity index is 543. The molecule has 2 rings (SSSR count). The van der Waals surface area contributed by atoms with E-state index in [1.807, 2.05) is 31.2 Å². The zero-order valence-electron chi connectivity index (χ0n) is 8.58. The van der Waals surface area contributed by atoms with Crippen molar-refractivity contribution in [2.45, 2.75) is 13.3 Å². The third kappa shape index (κ3) is 1.92. The lowest BCUT2D eigenvalue weighted by molar-refractivity contribution is 0.299. The maximum absolute atomic E-state index is 11.5. The lowest BCUT2D eigenvalue weighted by Gasteiger charge is -2.02. The first-order valence-corrected chi connectivity index (χ1v) is 4.94. The molecule has 0 unspecified atom stereocenters. The molecular weight excluding hydrogens is 190 g/mol. The molecule has 0 bridgehead atoms.